The van der Waals surface area contributed by atoms with E-state index in [0.29, 0.717) is 0 Å². The largest absolute Gasteiger partial charge is 0.326 e. The van der Waals surface area contributed by atoms with Crippen LogP contribution in [0.2, 0.25) is 0 Å². The summed E-state index contributed by atoms with van der Waals surface area (Å²) in [6, 6.07) is 12.3. The van der Waals surface area contributed by atoms with Gasteiger partial charge >= 0.3 is 0 Å². The number of nitriles is 1. The molecule has 1 aromatic rings. The summed E-state index contributed by atoms with van der Waals surface area (Å²) in [4.78, 5) is 14.6. The number of nitrogens with zero attached hydrogens (tertiary/aromatic N) is 2. The lowest BCUT2D eigenvalue weighted by Gasteiger charge is -2.30. The molecule has 0 spiro atoms. The Hall–Kier alpha value is -1.82. The van der Waals surface area contributed by atoms with E-state index in [0.717, 1.165) is 24.8 Å². The van der Waals surface area contributed by atoms with Gasteiger partial charge in [-0.15, -0.1) is 0 Å². The lowest BCUT2D eigenvalue weighted by Crippen LogP contribution is -2.41. The summed E-state index contributed by atoms with van der Waals surface area (Å²) >= 11 is 0. The maximum absolute atomic E-state index is 12.8. The van der Waals surface area contributed by atoms with Gasteiger partial charge in [-0.05, 0) is 24.8 Å². The molecule has 0 aromatic heterocycles. The molecule has 1 atom stereocenters. The van der Waals surface area contributed by atoms with Crippen molar-refractivity contribution in [2.75, 3.05) is 6.54 Å². The Balaban J connectivity index is 2.18. The topological polar surface area (TPSA) is 44.1 Å². The van der Waals surface area contributed by atoms with Crippen LogP contribution in [0.5, 0.6) is 0 Å². The molecule has 1 fully saturated rings. The lowest BCUT2D eigenvalue weighted by molar-refractivity contribution is -0.134. The Labute approximate surface area is 121 Å². The Morgan fingerprint density at radius 1 is 1.35 bits per heavy atom. The second-order valence-electron chi connectivity index (χ2n) is 5.43. The molecule has 2 rings (SSSR count). The van der Waals surface area contributed by atoms with Gasteiger partial charge in [0.25, 0.3) is 0 Å². The molecular formula is C17H22N2O. The summed E-state index contributed by atoms with van der Waals surface area (Å²) in [5.41, 5.74) is 1.06. The van der Waals surface area contributed by atoms with Crippen LogP contribution in [0.25, 0.3) is 0 Å². The third-order valence-corrected chi connectivity index (χ3v) is 4.20. The monoisotopic (exact) mass is 270 g/mol. The van der Waals surface area contributed by atoms with E-state index in [4.69, 9.17) is 5.26 Å². The molecule has 1 saturated carbocycles. The quantitative estimate of drug-likeness (QED) is 0.769. The fraction of sp³-hybridized carbons (Fsp3) is 0.529. The van der Waals surface area contributed by atoms with Crippen molar-refractivity contribution in [3.63, 3.8) is 0 Å². The first-order valence-corrected chi connectivity index (χ1v) is 7.50. The highest BCUT2D eigenvalue weighted by molar-refractivity contribution is 5.84. The van der Waals surface area contributed by atoms with E-state index in [1.54, 1.807) is 0 Å². The number of amides is 1. The molecule has 0 N–H and O–H groups in total. The minimum Gasteiger partial charge on any atom is -0.326 e. The fourth-order valence-electron chi connectivity index (χ4n) is 3.12. The lowest BCUT2D eigenvalue weighted by atomic mass is 9.94. The molecule has 1 aliphatic rings. The third-order valence-electron chi connectivity index (χ3n) is 4.20. The highest BCUT2D eigenvalue weighted by Crippen LogP contribution is 2.28. The summed E-state index contributed by atoms with van der Waals surface area (Å²) in [6.45, 7) is 2.25. The molecule has 0 heterocycles. The Morgan fingerprint density at radius 3 is 2.55 bits per heavy atom. The van der Waals surface area contributed by atoms with Crippen LogP contribution in [0.4, 0.5) is 0 Å². The molecule has 1 unspecified atom stereocenters. The predicted octanol–water partition coefficient (Wildman–Crippen LogP) is 3.47. The average Bonchev–Trinajstić information content (AvgIpc) is 3.00. The van der Waals surface area contributed by atoms with Gasteiger partial charge in [-0.1, -0.05) is 50.1 Å². The van der Waals surface area contributed by atoms with Crippen LogP contribution in [0.3, 0.4) is 0 Å². The zero-order valence-corrected chi connectivity index (χ0v) is 12.1. The van der Waals surface area contributed by atoms with Gasteiger partial charge in [0, 0.05) is 6.04 Å². The van der Waals surface area contributed by atoms with Gasteiger partial charge in [0.1, 0.15) is 6.54 Å². The Morgan fingerprint density at radius 2 is 2.00 bits per heavy atom. The first-order chi connectivity index (χ1) is 9.77. The van der Waals surface area contributed by atoms with Gasteiger partial charge in [-0.25, -0.2) is 0 Å². The van der Waals surface area contributed by atoms with E-state index < -0.39 is 0 Å². The zero-order valence-electron chi connectivity index (χ0n) is 12.1. The minimum absolute atomic E-state index is 0.118. The second-order valence-corrected chi connectivity index (χ2v) is 5.43. The average molecular weight is 270 g/mol. The molecule has 0 aliphatic heterocycles. The van der Waals surface area contributed by atoms with E-state index in [2.05, 4.69) is 6.07 Å². The molecule has 0 radical (unpaired) electrons. The molecular weight excluding hydrogens is 248 g/mol. The summed E-state index contributed by atoms with van der Waals surface area (Å²) in [7, 11) is 0. The van der Waals surface area contributed by atoms with Crippen molar-refractivity contribution in [2.45, 2.75) is 51.0 Å². The highest BCUT2D eigenvalue weighted by atomic mass is 16.2. The van der Waals surface area contributed by atoms with Crippen LogP contribution in [-0.4, -0.2) is 23.4 Å². The molecule has 0 saturated heterocycles. The van der Waals surface area contributed by atoms with Crippen molar-refractivity contribution in [2.24, 2.45) is 0 Å². The predicted molar refractivity (Wildman–Crippen MR) is 79.1 cm³/mol. The van der Waals surface area contributed by atoms with E-state index in [1.165, 1.54) is 12.8 Å². The number of hydrogen-bond donors (Lipinski definition) is 0. The van der Waals surface area contributed by atoms with E-state index >= 15 is 0 Å². The number of carbonyl (C=O) groups is 1. The van der Waals surface area contributed by atoms with Crippen LogP contribution in [-0.2, 0) is 4.79 Å². The Bertz CT molecular complexity index is 472. The van der Waals surface area contributed by atoms with Gasteiger partial charge in [0.2, 0.25) is 5.91 Å². The van der Waals surface area contributed by atoms with Crippen LogP contribution in [0.1, 0.15) is 50.5 Å². The zero-order chi connectivity index (χ0) is 14.4. The van der Waals surface area contributed by atoms with Gasteiger partial charge in [-0.3, -0.25) is 4.79 Å². The van der Waals surface area contributed by atoms with Crippen molar-refractivity contribution in [3.05, 3.63) is 35.9 Å². The maximum Gasteiger partial charge on any atom is 0.231 e. The smallest absolute Gasteiger partial charge is 0.231 e. The normalized spacial score (nSPS) is 16.6. The van der Waals surface area contributed by atoms with Crippen LogP contribution < -0.4 is 0 Å². The first kappa shape index (κ1) is 14.6. The standard InChI is InChI=1S/C17H22N2O/c1-2-16(14-8-4-3-5-9-14)17(20)19(13-12-18)15-10-6-7-11-15/h3-5,8-9,15-16H,2,6-7,10-11,13H2,1H3. The number of benzene rings is 1. The van der Waals surface area contributed by atoms with Crippen molar-refractivity contribution in [1.29, 1.82) is 5.26 Å². The van der Waals surface area contributed by atoms with Crippen molar-refractivity contribution < 1.29 is 4.79 Å². The maximum atomic E-state index is 12.8. The first-order valence-electron chi connectivity index (χ1n) is 7.50. The SMILES string of the molecule is CCC(C(=O)N(CC#N)C1CCCC1)c1ccccc1. The van der Waals surface area contributed by atoms with E-state index in [9.17, 15) is 4.79 Å². The fourth-order valence-corrected chi connectivity index (χ4v) is 3.12. The number of hydrogen-bond acceptors (Lipinski definition) is 2. The number of rotatable bonds is 5. The van der Waals surface area contributed by atoms with Gasteiger partial charge in [0.05, 0.1) is 12.0 Å². The summed E-state index contributed by atoms with van der Waals surface area (Å²) in [5.74, 6) is -0.00250. The van der Waals surface area contributed by atoms with Crippen LogP contribution in [0, 0.1) is 11.3 Å². The molecule has 1 aromatic carbocycles. The van der Waals surface area contributed by atoms with E-state index in [1.807, 2.05) is 42.2 Å². The van der Waals surface area contributed by atoms with E-state index in [-0.39, 0.29) is 24.4 Å². The van der Waals surface area contributed by atoms with Gasteiger partial charge in [-0.2, -0.15) is 5.26 Å². The third kappa shape index (κ3) is 3.19. The van der Waals surface area contributed by atoms with Crippen molar-refractivity contribution >= 4 is 5.91 Å². The summed E-state index contributed by atoms with van der Waals surface area (Å²) in [6.07, 6.45) is 5.19. The molecule has 1 aliphatic carbocycles. The molecule has 3 heteroatoms. The van der Waals surface area contributed by atoms with Gasteiger partial charge in [0.15, 0.2) is 0 Å². The number of carbonyl (C=O) groups excluding carboxylic acids is 1. The molecule has 1 amide bonds. The molecule has 106 valence electrons. The van der Waals surface area contributed by atoms with Gasteiger partial charge < -0.3 is 4.90 Å². The van der Waals surface area contributed by atoms with Crippen molar-refractivity contribution in [3.8, 4) is 6.07 Å². The molecule has 20 heavy (non-hydrogen) atoms. The molecule has 0 bridgehead atoms. The van der Waals surface area contributed by atoms with Crippen LogP contribution >= 0.6 is 0 Å². The summed E-state index contributed by atoms with van der Waals surface area (Å²) in [5, 5.41) is 9.03. The minimum atomic E-state index is -0.120. The van der Waals surface area contributed by atoms with Crippen molar-refractivity contribution in [1.82, 2.24) is 4.90 Å². The van der Waals surface area contributed by atoms with Crippen LogP contribution in [0.15, 0.2) is 30.3 Å². The second kappa shape index (κ2) is 7.09. The summed E-state index contributed by atoms with van der Waals surface area (Å²) < 4.78 is 0. The Kier molecular flexibility index (Phi) is 5.17. The molecule has 3 nitrogen and oxygen atoms in total. The highest BCUT2D eigenvalue weighted by Gasteiger charge is 2.31.